The quantitative estimate of drug-likeness (QED) is 0.764. The fourth-order valence-corrected chi connectivity index (χ4v) is 3.13. The third-order valence-corrected chi connectivity index (χ3v) is 3.67. The predicted octanol–water partition coefficient (Wildman–Crippen LogP) is 1.65. The van der Waals surface area contributed by atoms with E-state index >= 15 is 0 Å². The van der Waals surface area contributed by atoms with Gasteiger partial charge in [-0.25, -0.2) is 8.42 Å². The van der Waals surface area contributed by atoms with Crippen LogP contribution in [0.3, 0.4) is 0 Å². The first kappa shape index (κ1) is 11.2. The van der Waals surface area contributed by atoms with Gasteiger partial charge in [-0.15, -0.1) is 0 Å². The minimum atomic E-state index is -2.96. The summed E-state index contributed by atoms with van der Waals surface area (Å²) in [6.45, 7) is 3.81. The van der Waals surface area contributed by atoms with Gasteiger partial charge in [0.2, 0.25) is 0 Å². The number of rotatable bonds is 4. The van der Waals surface area contributed by atoms with Crippen LogP contribution in [-0.2, 0) is 15.6 Å². The van der Waals surface area contributed by atoms with E-state index in [1.807, 2.05) is 13.8 Å². The summed E-state index contributed by atoms with van der Waals surface area (Å²) in [4.78, 5) is 3.84. The van der Waals surface area contributed by atoms with Gasteiger partial charge in [-0.3, -0.25) is 4.98 Å². The summed E-state index contributed by atoms with van der Waals surface area (Å²) in [7, 11) is -2.96. The van der Waals surface area contributed by atoms with Crippen molar-refractivity contribution in [1.29, 1.82) is 0 Å². The van der Waals surface area contributed by atoms with Crippen molar-refractivity contribution in [3.63, 3.8) is 0 Å². The van der Waals surface area contributed by atoms with Crippen LogP contribution in [0, 0.1) is 5.92 Å². The van der Waals surface area contributed by atoms with Crippen molar-refractivity contribution < 1.29 is 8.42 Å². The third kappa shape index (κ3) is 3.87. The van der Waals surface area contributed by atoms with Gasteiger partial charge in [0.05, 0.1) is 11.5 Å². The first-order valence-corrected chi connectivity index (χ1v) is 6.41. The second-order valence-electron chi connectivity index (χ2n) is 3.80. The highest BCUT2D eigenvalue weighted by Crippen LogP contribution is 2.08. The van der Waals surface area contributed by atoms with Crippen LogP contribution in [0.4, 0.5) is 0 Å². The summed E-state index contributed by atoms with van der Waals surface area (Å²) in [6.07, 6.45) is 3.22. The van der Waals surface area contributed by atoms with Crippen LogP contribution < -0.4 is 0 Å². The molecule has 0 unspecified atom stereocenters. The molecular weight excluding hydrogens is 198 g/mol. The Morgan fingerprint density at radius 1 is 1.29 bits per heavy atom. The maximum Gasteiger partial charge on any atom is 0.154 e. The van der Waals surface area contributed by atoms with Gasteiger partial charge in [0, 0.05) is 12.4 Å². The largest absolute Gasteiger partial charge is 0.265 e. The summed E-state index contributed by atoms with van der Waals surface area (Å²) >= 11 is 0. The SMILES string of the molecule is CC(C)CS(=O)(=O)Cc1ccncc1. The summed E-state index contributed by atoms with van der Waals surface area (Å²) in [5, 5.41) is 0. The molecule has 0 aromatic carbocycles. The van der Waals surface area contributed by atoms with Gasteiger partial charge >= 0.3 is 0 Å². The van der Waals surface area contributed by atoms with E-state index in [1.54, 1.807) is 24.5 Å². The monoisotopic (exact) mass is 213 g/mol. The lowest BCUT2D eigenvalue weighted by atomic mass is 10.3. The molecule has 0 atom stereocenters. The molecule has 1 heterocycles. The summed E-state index contributed by atoms with van der Waals surface area (Å²) in [5.74, 6) is 0.546. The zero-order chi connectivity index (χ0) is 10.6. The molecule has 4 heteroatoms. The van der Waals surface area contributed by atoms with E-state index in [-0.39, 0.29) is 17.4 Å². The number of hydrogen-bond donors (Lipinski definition) is 0. The summed E-state index contributed by atoms with van der Waals surface area (Å²) < 4.78 is 23.2. The van der Waals surface area contributed by atoms with Gasteiger partial charge in [0.25, 0.3) is 0 Å². The van der Waals surface area contributed by atoms with Crippen molar-refractivity contribution in [2.75, 3.05) is 5.75 Å². The van der Waals surface area contributed by atoms with Gasteiger partial charge in [0.15, 0.2) is 9.84 Å². The van der Waals surface area contributed by atoms with E-state index in [0.29, 0.717) is 0 Å². The van der Waals surface area contributed by atoms with Crippen LogP contribution in [0.25, 0.3) is 0 Å². The molecule has 0 N–H and O–H groups in total. The fourth-order valence-electron chi connectivity index (χ4n) is 1.30. The summed E-state index contributed by atoms with van der Waals surface area (Å²) in [5.41, 5.74) is 0.806. The molecule has 1 aromatic rings. The first-order valence-electron chi connectivity index (χ1n) is 4.59. The number of pyridine rings is 1. The Bertz CT molecular complexity index is 370. The standard InChI is InChI=1S/C10H15NO2S/c1-9(2)7-14(12,13)8-10-3-5-11-6-4-10/h3-6,9H,7-8H2,1-2H3. The van der Waals surface area contributed by atoms with E-state index in [1.165, 1.54) is 0 Å². The van der Waals surface area contributed by atoms with Gasteiger partial charge in [-0.05, 0) is 23.6 Å². The fraction of sp³-hybridized carbons (Fsp3) is 0.500. The molecule has 0 saturated carbocycles. The average Bonchev–Trinajstić information content (AvgIpc) is 2.02. The predicted molar refractivity (Wildman–Crippen MR) is 56.6 cm³/mol. The Labute approximate surface area is 85.1 Å². The molecule has 0 aliphatic rings. The average molecular weight is 213 g/mol. The lowest BCUT2D eigenvalue weighted by Crippen LogP contribution is -2.13. The van der Waals surface area contributed by atoms with Crippen molar-refractivity contribution in [3.8, 4) is 0 Å². The Hall–Kier alpha value is -0.900. The van der Waals surface area contributed by atoms with E-state index in [2.05, 4.69) is 4.98 Å². The normalized spacial score (nSPS) is 11.9. The molecule has 78 valence electrons. The molecule has 0 saturated heterocycles. The Balaban J connectivity index is 2.70. The molecule has 0 spiro atoms. The molecule has 1 rings (SSSR count). The second-order valence-corrected chi connectivity index (χ2v) is 5.91. The molecule has 3 nitrogen and oxygen atoms in total. The Morgan fingerprint density at radius 3 is 2.36 bits per heavy atom. The van der Waals surface area contributed by atoms with Gasteiger partial charge in [0.1, 0.15) is 0 Å². The molecule has 0 aliphatic heterocycles. The van der Waals surface area contributed by atoms with E-state index in [4.69, 9.17) is 0 Å². The molecule has 1 aromatic heterocycles. The highest BCUT2D eigenvalue weighted by molar-refractivity contribution is 7.90. The van der Waals surface area contributed by atoms with Crippen LogP contribution in [0.15, 0.2) is 24.5 Å². The molecule has 0 aliphatic carbocycles. The smallest absolute Gasteiger partial charge is 0.154 e. The zero-order valence-corrected chi connectivity index (χ0v) is 9.29. The van der Waals surface area contributed by atoms with Crippen molar-refractivity contribution in [1.82, 2.24) is 4.98 Å². The van der Waals surface area contributed by atoms with Gasteiger partial charge < -0.3 is 0 Å². The zero-order valence-electron chi connectivity index (χ0n) is 8.47. The van der Waals surface area contributed by atoms with Crippen molar-refractivity contribution in [3.05, 3.63) is 30.1 Å². The highest BCUT2D eigenvalue weighted by Gasteiger charge is 2.13. The molecule has 0 amide bonds. The van der Waals surface area contributed by atoms with Crippen LogP contribution in [0.1, 0.15) is 19.4 Å². The molecular formula is C10H15NO2S. The molecule has 0 radical (unpaired) electrons. The summed E-state index contributed by atoms with van der Waals surface area (Å²) in [6, 6.07) is 3.47. The third-order valence-electron chi connectivity index (χ3n) is 1.72. The molecule has 14 heavy (non-hydrogen) atoms. The maximum atomic E-state index is 11.6. The highest BCUT2D eigenvalue weighted by atomic mass is 32.2. The van der Waals surface area contributed by atoms with Gasteiger partial charge in [-0.2, -0.15) is 0 Å². The van der Waals surface area contributed by atoms with E-state index in [0.717, 1.165) is 5.56 Å². The Kier molecular flexibility index (Phi) is 3.63. The van der Waals surface area contributed by atoms with Crippen molar-refractivity contribution in [2.45, 2.75) is 19.6 Å². The minimum Gasteiger partial charge on any atom is -0.265 e. The number of hydrogen-bond acceptors (Lipinski definition) is 3. The lowest BCUT2D eigenvalue weighted by Gasteiger charge is -2.06. The van der Waals surface area contributed by atoms with Crippen LogP contribution in [-0.4, -0.2) is 19.2 Å². The van der Waals surface area contributed by atoms with Gasteiger partial charge in [-0.1, -0.05) is 13.8 Å². The molecule has 0 fully saturated rings. The number of aromatic nitrogens is 1. The minimum absolute atomic E-state index is 0.119. The molecule has 0 bridgehead atoms. The number of sulfone groups is 1. The van der Waals surface area contributed by atoms with Crippen LogP contribution >= 0.6 is 0 Å². The van der Waals surface area contributed by atoms with Crippen molar-refractivity contribution in [2.24, 2.45) is 5.92 Å². The van der Waals surface area contributed by atoms with Crippen LogP contribution in [0.2, 0.25) is 0 Å². The van der Waals surface area contributed by atoms with E-state index < -0.39 is 9.84 Å². The maximum absolute atomic E-state index is 11.6. The first-order chi connectivity index (χ1) is 6.49. The topological polar surface area (TPSA) is 47.0 Å². The Morgan fingerprint density at radius 2 is 1.86 bits per heavy atom. The van der Waals surface area contributed by atoms with E-state index in [9.17, 15) is 8.42 Å². The van der Waals surface area contributed by atoms with Crippen LogP contribution in [0.5, 0.6) is 0 Å². The number of nitrogens with zero attached hydrogens (tertiary/aromatic N) is 1. The van der Waals surface area contributed by atoms with Crippen molar-refractivity contribution >= 4 is 9.84 Å². The lowest BCUT2D eigenvalue weighted by molar-refractivity contribution is 0.581. The second kappa shape index (κ2) is 4.55.